The van der Waals surface area contributed by atoms with Crippen LogP contribution in [0.4, 0.5) is 24.5 Å². The monoisotopic (exact) mass is 533 g/mol. The van der Waals surface area contributed by atoms with Gasteiger partial charge in [0.05, 0.1) is 28.3 Å². The van der Waals surface area contributed by atoms with Crippen LogP contribution >= 0.6 is 11.3 Å². The molecule has 1 fully saturated rings. The smallest absolute Gasteiger partial charge is 0.397 e. The van der Waals surface area contributed by atoms with E-state index in [-0.39, 0.29) is 11.3 Å². The predicted molar refractivity (Wildman–Crippen MR) is 141 cm³/mol. The largest absolute Gasteiger partial charge is 0.417 e. The number of rotatable bonds is 5. The minimum atomic E-state index is -4.45. The molecule has 0 radical (unpaired) electrons. The number of nitrogens with zero attached hydrogens (tertiary/aromatic N) is 3. The van der Waals surface area contributed by atoms with Gasteiger partial charge in [0, 0.05) is 22.6 Å². The molecule has 10 heteroatoms. The standard InChI is InChI=1S/C28H22F3N5OS/c1-16-24(36-14-19(28(29,30)31)10-11-23(36)33-16)22-15-38-26(35-22)27(12-13-27)18-8-6-17(7-9-18)25(37)34-21-5-3-2-4-20(21)32/h2-11,14-15H,12-13,32H2,1H3,(H,34,37). The van der Waals surface area contributed by atoms with Gasteiger partial charge >= 0.3 is 6.18 Å². The maximum absolute atomic E-state index is 13.3. The zero-order chi connectivity index (χ0) is 26.7. The summed E-state index contributed by atoms with van der Waals surface area (Å²) in [5.41, 5.74) is 9.71. The first-order valence-electron chi connectivity index (χ1n) is 11.9. The van der Waals surface area contributed by atoms with Crippen LogP contribution in [0.5, 0.6) is 0 Å². The van der Waals surface area contributed by atoms with Crippen molar-refractivity contribution in [2.45, 2.75) is 31.4 Å². The molecule has 5 aromatic rings. The fraction of sp³-hybridized carbons (Fsp3) is 0.179. The number of hydrogen-bond donors (Lipinski definition) is 2. The number of nitrogens with one attached hydrogen (secondary N) is 1. The van der Waals surface area contributed by atoms with Gasteiger partial charge < -0.3 is 11.1 Å². The number of fused-ring (bicyclic) bond motifs is 1. The summed E-state index contributed by atoms with van der Waals surface area (Å²) in [5, 5.41) is 5.60. The molecule has 0 bridgehead atoms. The Kier molecular flexibility index (Phi) is 5.53. The van der Waals surface area contributed by atoms with Crippen molar-refractivity contribution in [3.05, 3.63) is 99.6 Å². The maximum atomic E-state index is 13.3. The van der Waals surface area contributed by atoms with Crippen molar-refractivity contribution in [3.63, 3.8) is 0 Å². The highest BCUT2D eigenvalue weighted by atomic mass is 32.1. The molecule has 3 heterocycles. The number of aryl methyl sites for hydroxylation is 1. The number of halogens is 3. The number of pyridine rings is 1. The highest BCUT2D eigenvalue weighted by molar-refractivity contribution is 7.10. The van der Waals surface area contributed by atoms with Gasteiger partial charge in [-0.1, -0.05) is 24.3 Å². The lowest BCUT2D eigenvalue weighted by Gasteiger charge is -2.14. The number of para-hydroxylation sites is 2. The molecule has 0 aliphatic heterocycles. The quantitative estimate of drug-likeness (QED) is 0.246. The topological polar surface area (TPSA) is 85.3 Å². The van der Waals surface area contributed by atoms with E-state index in [0.29, 0.717) is 39.7 Å². The van der Waals surface area contributed by atoms with Crippen LogP contribution in [0.25, 0.3) is 17.0 Å². The third-order valence-electron chi connectivity index (χ3n) is 6.94. The molecule has 0 saturated heterocycles. The molecular formula is C28H22F3N5OS. The summed E-state index contributed by atoms with van der Waals surface area (Å²) < 4.78 is 41.5. The number of anilines is 2. The molecular weight excluding hydrogens is 511 g/mol. The lowest BCUT2D eigenvalue weighted by atomic mass is 9.95. The van der Waals surface area contributed by atoms with E-state index in [1.54, 1.807) is 43.3 Å². The molecule has 2 aromatic carbocycles. The van der Waals surface area contributed by atoms with Crippen LogP contribution in [0.15, 0.2) is 72.2 Å². The lowest BCUT2D eigenvalue weighted by molar-refractivity contribution is -0.137. The first-order chi connectivity index (χ1) is 18.2. The highest BCUT2D eigenvalue weighted by Crippen LogP contribution is 2.54. The van der Waals surface area contributed by atoms with Gasteiger partial charge in [-0.15, -0.1) is 11.3 Å². The normalized spacial score (nSPS) is 14.5. The Labute approximate surface area is 220 Å². The molecule has 1 aliphatic carbocycles. The molecule has 1 amide bonds. The van der Waals surface area contributed by atoms with Crippen molar-refractivity contribution in [1.29, 1.82) is 0 Å². The molecule has 38 heavy (non-hydrogen) atoms. The molecule has 1 saturated carbocycles. The van der Waals surface area contributed by atoms with E-state index in [4.69, 9.17) is 10.7 Å². The first-order valence-corrected chi connectivity index (χ1v) is 12.8. The van der Waals surface area contributed by atoms with Gasteiger partial charge in [-0.3, -0.25) is 9.20 Å². The number of nitrogen functional groups attached to an aromatic ring is 1. The van der Waals surface area contributed by atoms with E-state index in [2.05, 4.69) is 10.3 Å². The average Bonchev–Trinajstić information content (AvgIpc) is 3.43. The van der Waals surface area contributed by atoms with Gasteiger partial charge in [0.15, 0.2) is 0 Å². The average molecular weight is 534 g/mol. The van der Waals surface area contributed by atoms with Crippen molar-refractivity contribution in [3.8, 4) is 11.4 Å². The van der Waals surface area contributed by atoms with Crippen LogP contribution < -0.4 is 11.1 Å². The summed E-state index contributed by atoms with van der Waals surface area (Å²) in [6.07, 6.45) is -1.58. The fourth-order valence-corrected chi connectivity index (χ4v) is 5.82. The maximum Gasteiger partial charge on any atom is 0.417 e. The predicted octanol–water partition coefficient (Wildman–Crippen LogP) is 6.70. The van der Waals surface area contributed by atoms with Crippen molar-refractivity contribution in [2.75, 3.05) is 11.1 Å². The summed E-state index contributed by atoms with van der Waals surface area (Å²) in [5.74, 6) is -0.253. The zero-order valence-corrected chi connectivity index (χ0v) is 21.0. The number of benzene rings is 2. The Balaban J connectivity index is 1.28. The molecule has 0 atom stereocenters. The number of thiazole rings is 1. The van der Waals surface area contributed by atoms with E-state index >= 15 is 0 Å². The number of amides is 1. The second-order valence-electron chi connectivity index (χ2n) is 9.43. The third kappa shape index (κ3) is 4.10. The summed E-state index contributed by atoms with van der Waals surface area (Å²) in [6.45, 7) is 1.77. The van der Waals surface area contributed by atoms with Gasteiger partial charge in [-0.2, -0.15) is 13.2 Å². The van der Waals surface area contributed by atoms with E-state index in [0.717, 1.165) is 35.7 Å². The Morgan fingerprint density at radius 2 is 1.79 bits per heavy atom. The number of carbonyl (C=O) groups is 1. The molecule has 192 valence electrons. The van der Waals surface area contributed by atoms with Gasteiger partial charge in [-0.25, -0.2) is 9.97 Å². The molecule has 0 unspecified atom stereocenters. The molecule has 6 rings (SSSR count). The zero-order valence-electron chi connectivity index (χ0n) is 20.2. The van der Waals surface area contributed by atoms with Gasteiger partial charge in [0.1, 0.15) is 16.3 Å². The molecule has 3 N–H and O–H groups in total. The molecule has 3 aromatic heterocycles. The molecule has 6 nitrogen and oxygen atoms in total. The highest BCUT2D eigenvalue weighted by Gasteiger charge is 2.48. The van der Waals surface area contributed by atoms with Crippen LogP contribution in [-0.4, -0.2) is 20.3 Å². The Hall–Kier alpha value is -4.18. The van der Waals surface area contributed by atoms with Crippen LogP contribution in [-0.2, 0) is 11.6 Å². The van der Waals surface area contributed by atoms with E-state index in [1.807, 2.05) is 17.5 Å². The number of carbonyl (C=O) groups excluding carboxylic acids is 1. The van der Waals surface area contributed by atoms with Crippen molar-refractivity contribution in [2.24, 2.45) is 0 Å². The first kappa shape index (κ1) is 24.2. The summed E-state index contributed by atoms with van der Waals surface area (Å²) in [7, 11) is 0. The summed E-state index contributed by atoms with van der Waals surface area (Å²) >= 11 is 1.49. The third-order valence-corrected chi connectivity index (χ3v) is 7.98. The Morgan fingerprint density at radius 3 is 2.47 bits per heavy atom. The fourth-order valence-electron chi connectivity index (χ4n) is 4.74. The van der Waals surface area contributed by atoms with E-state index in [1.165, 1.54) is 21.8 Å². The minimum Gasteiger partial charge on any atom is -0.397 e. The molecule has 0 spiro atoms. The van der Waals surface area contributed by atoms with Gasteiger partial charge in [0.2, 0.25) is 0 Å². The number of alkyl halides is 3. The Morgan fingerprint density at radius 1 is 1.05 bits per heavy atom. The second kappa shape index (κ2) is 8.70. The van der Waals surface area contributed by atoms with Gasteiger partial charge in [-0.05, 0) is 61.7 Å². The Bertz CT molecular complexity index is 1680. The van der Waals surface area contributed by atoms with Crippen molar-refractivity contribution >= 4 is 34.3 Å². The summed E-state index contributed by atoms with van der Waals surface area (Å²) in [6, 6.07) is 16.9. The van der Waals surface area contributed by atoms with Crippen LogP contribution in [0.2, 0.25) is 0 Å². The summed E-state index contributed by atoms with van der Waals surface area (Å²) in [4.78, 5) is 22.0. The number of imidazole rings is 1. The lowest BCUT2D eigenvalue weighted by Crippen LogP contribution is -2.14. The van der Waals surface area contributed by atoms with Crippen molar-refractivity contribution in [1.82, 2.24) is 14.4 Å². The van der Waals surface area contributed by atoms with Crippen LogP contribution in [0.3, 0.4) is 0 Å². The van der Waals surface area contributed by atoms with Crippen molar-refractivity contribution < 1.29 is 18.0 Å². The number of aromatic nitrogens is 3. The van der Waals surface area contributed by atoms with E-state index < -0.39 is 11.7 Å². The van der Waals surface area contributed by atoms with Crippen LogP contribution in [0, 0.1) is 6.92 Å². The minimum absolute atomic E-state index is 0.253. The molecule has 1 aliphatic rings. The van der Waals surface area contributed by atoms with E-state index in [9.17, 15) is 18.0 Å². The van der Waals surface area contributed by atoms with Crippen LogP contribution in [0.1, 0.15) is 45.0 Å². The van der Waals surface area contributed by atoms with Gasteiger partial charge in [0.25, 0.3) is 5.91 Å². The second-order valence-corrected chi connectivity index (χ2v) is 10.3. The SMILES string of the molecule is Cc1nc2ccc(C(F)(F)F)cn2c1-c1csc(C2(c3ccc(C(=O)Nc4ccccc4N)cc3)CC2)n1. The number of nitrogens with two attached hydrogens (primary N) is 1. The number of hydrogen-bond acceptors (Lipinski definition) is 5.